The van der Waals surface area contributed by atoms with Crippen LogP contribution in [0, 0.1) is 0 Å². The van der Waals surface area contributed by atoms with Gasteiger partial charge in [-0.2, -0.15) is 0 Å². The zero-order chi connectivity index (χ0) is 17.8. The van der Waals surface area contributed by atoms with Crippen LogP contribution >= 0.6 is 11.3 Å². The fraction of sp³-hybridized carbons (Fsp3) is 0.476. The highest BCUT2D eigenvalue weighted by Crippen LogP contribution is 2.28. The van der Waals surface area contributed by atoms with Crippen molar-refractivity contribution in [2.45, 2.75) is 51.2 Å². The smallest absolute Gasteiger partial charge is 0.322 e. The van der Waals surface area contributed by atoms with E-state index in [9.17, 15) is 4.79 Å². The van der Waals surface area contributed by atoms with Crippen LogP contribution in [0.3, 0.4) is 0 Å². The Balaban J connectivity index is 1.50. The summed E-state index contributed by atoms with van der Waals surface area (Å²) in [4.78, 5) is 16.2. The number of benzene rings is 1. The molecule has 0 radical (unpaired) electrons. The summed E-state index contributed by atoms with van der Waals surface area (Å²) >= 11 is 1.69. The molecule has 0 spiro atoms. The molecule has 1 atom stereocenters. The summed E-state index contributed by atoms with van der Waals surface area (Å²) in [6.45, 7) is 2.10. The maximum Gasteiger partial charge on any atom is 0.322 e. The summed E-state index contributed by atoms with van der Waals surface area (Å²) in [6, 6.07) is 10.4. The average molecular weight is 371 g/mol. The Morgan fingerprint density at radius 2 is 2.12 bits per heavy atom. The lowest BCUT2D eigenvalue weighted by molar-refractivity contribution is 0.0821. The molecule has 1 aromatic carbocycles. The molecule has 138 valence electrons. The van der Waals surface area contributed by atoms with Crippen LogP contribution in [0.5, 0.6) is 0 Å². The van der Waals surface area contributed by atoms with Crippen LogP contribution in [-0.2, 0) is 24.1 Å². The van der Waals surface area contributed by atoms with Gasteiger partial charge in [-0.3, -0.25) is 0 Å². The SMILES string of the molecule is O=C(Nc1cccc2c1CCCC2)N(Cc1cccs1)CC1CCCO1. The first-order valence-corrected chi connectivity index (χ1v) is 10.5. The maximum absolute atomic E-state index is 13.1. The molecule has 1 fully saturated rings. The molecule has 1 aliphatic carbocycles. The predicted octanol–water partition coefficient (Wildman–Crippen LogP) is 4.84. The fourth-order valence-electron chi connectivity index (χ4n) is 3.94. The third-order valence-electron chi connectivity index (χ3n) is 5.30. The van der Waals surface area contributed by atoms with Gasteiger partial charge >= 0.3 is 6.03 Å². The molecule has 1 N–H and O–H groups in total. The molecular weight excluding hydrogens is 344 g/mol. The molecular formula is C21H26N2O2S. The molecule has 2 aromatic rings. The molecule has 1 aromatic heterocycles. The lowest BCUT2D eigenvalue weighted by Gasteiger charge is -2.27. The lowest BCUT2D eigenvalue weighted by Crippen LogP contribution is -2.39. The van der Waals surface area contributed by atoms with Gasteiger partial charge in [0.2, 0.25) is 0 Å². The number of ether oxygens (including phenoxy) is 1. The van der Waals surface area contributed by atoms with Gasteiger partial charge in [0.25, 0.3) is 0 Å². The molecule has 1 saturated heterocycles. The minimum Gasteiger partial charge on any atom is -0.376 e. The second-order valence-corrected chi connectivity index (χ2v) is 8.21. The zero-order valence-corrected chi connectivity index (χ0v) is 15.9. The van der Waals surface area contributed by atoms with E-state index in [1.807, 2.05) is 17.0 Å². The van der Waals surface area contributed by atoms with E-state index in [0.29, 0.717) is 13.1 Å². The molecule has 2 aliphatic rings. The number of rotatable bonds is 5. The van der Waals surface area contributed by atoms with Crippen molar-refractivity contribution in [3.63, 3.8) is 0 Å². The third-order valence-corrected chi connectivity index (χ3v) is 6.16. The predicted molar refractivity (Wildman–Crippen MR) is 106 cm³/mol. The minimum absolute atomic E-state index is 0.0205. The first kappa shape index (κ1) is 17.6. The summed E-state index contributed by atoms with van der Waals surface area (Å²) in [7, 11) is 0. The Bertz CT molecular complexity index is 738. The Labute approximate surface area is 159 Å². The van der Waals surface area contributed by atoms with Gasteiger partial charge in [-0.25, -0.2) is 4.79 Å². The van der Waals surface area contributed by atoms with E-state index in [0.717, 1.165) is 38.0 Å². The zero-order valence-electron chi connectivity index (χ0n) is 15.1. The number of carbonyl (C=O) groups is 1. The van der Waals surface area contributed by atoms with Crippen LogP contribution in [0.2, 0.25) is 0 Å². The van der Waals surface area contributed by atoms with Crippen LogP contribution in [0.4, 0.5) is 10.5 Å². The van der Waals surface area contributed by atoms with Gasteiger partial charge in [-0.1, -0.05) is 18.2 Å². The first-order chi connectivity index (χ1) is 12.8. The number of urea groups is 1. The molecule has 1 aliphatic heterocycles. The van der Waals surface area contributed by atoms with Crippen molar-refractivity contribution in [1.29, 1.82) is 0 Å². The number of nitrogens with zero attached hydrogens (tertiary/aromatic N) is 1. The second kappa shape index (κ2) is 8.23. The summed E-state index contributed by atoms with van der Waals surface area (Å²) in [6.07, 6.45) is 6.91. The topological polar surface area (TPSA) is 41.6 Å². The Kier molecular flexibility index (Phi) is 5.56. The molecule has 2 heterocycles. The number of hydrogen-bond acceptors (Lipinski definition) is 3. The van der Waals surface area contributed by atoms with Crippen molar-refractivity contribution in [3.8, 4) is 0 Å². The average Bonchev–Trinajstić information content (AvgIpc) is 3.35. The highest BCUT2D eigenvalue weighted by atomic mass is 32.1. The summed E-state index contributed by atoms with van der Waals surface area (Å²) in [5.41, 5.74) is 3.69. The summed E-state index contributed by atoms with van der Waals surface area (Å²) < 4.78 is 5.78. The standard InChI is InChI=1S/C21H26N2O2S/c24-21(22-20-11-3-7-16-6-1-2-10-19(16)20)23(14-17-8-4-12-25-17)15-18-9-5-13-26-18/h3,5,7,9,11,13,17H,1-2,4,6,8,10,12,14-15H2,(H,22,24). The third kappa shape index (κ3) is 4.10. The van der Waals surface area contributed by atoms with E-state index >= 15 is 0 Å². The van der Waals surface area contributed by atoms with Crippen molar-refractivity contribution in [3.05, 3.63) is 51.7 Å². The van der Waals surface area contributed by atoms with Gasteiger partial charge in [0.15, 0.2) is 0 Å². The van der Waals surface area contributed by atoms with Crippen molar-refractivity contribution in [2.75, 3.05) is 18.5 Å². The van der Waals surface area contributed by atoms with E-state index in [1.54, 1.807) is 11.3 Å². The number of aryl methyl sites for hydroxylation is 1. The van der Waals surface area contributed by atoms with Gasteiger partial charge in [0.1, 0.15) is 0 Å². The van der Waals surface area contributed by atoms with Crippen molar-refractivity contribution >= 4 is 23.1 Å². The van der Waals surface area contributed by atoms with Gasteiger partial charge in [-0.05, 0) is 67.2 Å². The summed E-state index contributed by atoms with van der Waals surface area (Å²) in [5.74, 6) is 0. The number of hydrogen-bond donors (Lipinski definition) is 1. The van der Waals surface area contributed by atoms with Gasteiger partial charge in [0.05, 0.1) is 12.6 Å². The quantitative estimate of drug-likeness (QED) is 0.818. The molecule has 4 rings (SSSR count). The summed E-state index contributed by atoms with van der Waals surface area (Å²) in [5, 5.41) is 5.25. The molecule has 4 nitrogen and oxygen atoms in total. The first-order valence-electron chi connectivity index (χ1n) is 9.60. The lowest BCUT2D eigenvalue weighted by atomic mass is 9.90. The van der Waals surface area contributed by atoms with Gasteiger partial charge in [0, 0.05) is 23.7 Å². The Morgan fingerprint density at radius 3 is 2.92 bits per heavy atom. The van der Waals surface area contributed by atoms with E-state index < -0.39 is 0 Å². The molecule has 2 amide bonds. The van der Waals surface area contributed by atoms with Crippen molar-refractivity contribution in [2.24, 2.45) is 0 Å². The Hall–Kier alpha value is -1.85. The maximum atomic E-state index is 13.1. The highest BCUT2D eigenvalue weighted by Gasteiger charge is 2.24. The monoisotopic (exact) mass is 370 g/mol. The van der Waals surface area contributed by atoms with Crippen molar-refractivity contribution in [1.82, 2.24) is 4.90 Å². The van der Waals surface area contributed by atoms with E-state index in [4.69, 9.17) is 4.74 Å². The van der Waals surface area contributed by atoms with Crippen LogP contribution < -0.4 is 5.32 Å². The van der Waals surface area contributed by atoms with Crippen LogP contribution in [0.25, 0.3) is 0 Å². The van der Waals surface area contributed by atoms with Gasteiger partial charge in [-0.15, -0.1) is 11.3 Å². The van der Waals surface area contributed by atoms with Crippen LogP contribution in [0.1, 0.15) is 41.7 Å². The van der Waals surface area contributed by atoms with E-state index in [1.165, 1.54) is 28.8 Å². The normalized spacial score (nSPS) is 19.2. The molecule has 0 saturated carbocycles. The van der Waals surface area contributed by atoms with E-state index in [2.05, 4.69) is 28.9 Å². The number of fused-ring (bicyclic) bond motifs is 1. The van der Waals surface area contributed by atoms with Crippen LogP contribution in [0.15, 0.2) is 35.7 Å². The number of thiophene rings is 1. The van der Waals surface area contributed by atoms with Crippen molar-refractivity contribution < 1.29 is 9.53 Å². The van der Waals surface area contributed by atoms with Crippen LogP contribution in [-0.4, -0.2) is 30.2 Å². The minimum atomic E-state index is -0.0205. The molecule has 0 bridgehead atoms. The molecule has 1 unspecified atom stereocenters. The molecule has 5 heteroatoms. The number of amides is 2. The highest BCUT2D eigenvalue weighted by molar-refractivity contribution is 7.09. The number of carbonyl (C=O) groups excluding carboxylic acids is 1. The Morgan fingerprint density at radius 1 is 1.19 bits per heavy atom. The largest absolute Gasteiger partial charge is 0.376 e. The van der Waals surface area contributed by atoms with E-state index in [-0.39, 0.29) is 12.1 Å². The second-order valence-electron chi connectivity index (χ2n) is 7.18. The molecule has 26 heavy (non-hydrogen) atoms. The fourth-order valence-corrected chi connectivity index (χ4v) is 4.66. The number of nitrogens with one attached hydrogen (secondary N) is 1. The number of anilines is 1. The van der Waals surface area contributed by atoms with Gasteiger partial charge < -0.3 is 15.0 Å².